The van der Waals surface area contributed by atoms with Gasteiger partial charge in [-0.2, -0.15) is 0 Å². The second-order valence-corrected chi connectivity index (χ2v) is 6.74. The summed E-state index contributed by atoms with van der Waals surface area (Å²) in [5.41, 5.74) is 7.66. The predicted octanol–water partition coefficient (Wildman–Crippen LogP) is 3.26. The van der Waals surface area contributed by atoms with Crippen LogP contribution in [-0.4, -0.2) is 34.1 Å². The second-order valence-electron chi connectivity index (χ2n) is 6.74. The van der Waals surface area contributed by atoms with Crippen molar-refractivity contribution in [3.8, 4) is 0 Å². The van der Waals surface area contributed by atoms with Crippen molar-refractivity contribution in [3.63, 3.8) is 0 Å². The number of carboxylic acid groups (broad SMARTS) is 1. The molecule has 3 atom stereocenters. The summed E-state index contributed by atoms with van der Waals surface area (Å²) in [6.07, 6.45) is 4.83. The fourth-order valence-electron chi connectivity index (χ4n) is 3.80. The van der Waals surface area contributed by atoms with Gasteiger partial charge in [-0.25, -0.2) is 0 Å². The molecule has 128 valence electrons. The molecule has 1 aromatic rings. The summed E-state index contributed by atoms with van der Waals surface area (Å²) in [5.74, 6) is -0.0920. The minimum atomic E-state index is -0.724. The number of rotatable bonds is 8. The summed E-state index contributed by atoms with van der Waals surface area (Å²) < 4.78 is 0. The Bertz CT molecular complexity index is 487. The highest BCUT2D eigenvalue weighted by Gasteiger charge is 2.40. The van der Waals surface area contributed by atoms with Crippen molar-refractivity contribution in [2.75, 3.05) is 0 Å². The SMILES string of the molecule is CCC(CC)CC(N)C1CC[C@H](C(=O)O)N1Cc1ccccc1. The van der Waals surface area contributed by atoms with Gasteiger partial charge in [0.2, 0.25) is 0 Å². The third-order valence-electron chi connectivity index (χ3n) is 5.31. The van der Waals surface area contributed by atoms with Crippen LogP contribution in [0.2, 0.25) is 0 Å². The summed E-state index contributed by atoms with van der Waals surface area (Å²) in [6.45, 7) is 5.08. The van der Waals surface area contributed by atoms with E-state index in [1.165, 1.54) is 0 Å². The lowest BCUT2D eigenvalue weighted by atomic mass is 9.91. The maximum absolute atomic E-state index is 11.6. The zero-order valence-corrected chi connectivity index (χ0v) is 14.3. The van der Waals surface area contributed by atoms with Gasteiger partial charge in [0.1, 0.15) is 6.04 Å². The van der Waals surface area contributed by atoms with Crippen molar-refractivity contribution < 1.29 is 9.90 Å². The van der Waals surface area contributed by atoms with Crippen LogP contribution in [0.3, 0.4) is 0 Å². The topological polar surface area (TPSA) is 66.6 Å². The standard InChI is InChI=1S/C19H30N2O2/c1-3-14(4-2)12-16(20)17-10-11-18(19(22)23)21(17)13-15-8-6-5-7-9-15/h5-9,14,16-18H,3-4,10-13,20H2,1-2H3,(H,22,23)/t16?,17?,18-/m1/s1. The minimum Gasteiger partial charge on any atom is -0.480 e. The second kappa shape index (κ2) is 8.46. The normalized spacial score (nSPS) is 23.3. The van der Waals surface area contributed by atoms with Crippen molar-refractivity contribution in [2.45, 2.75) is 70.6 Å². The average molecular weight is 318 g/mol. The van der Waals surface area contributed by atoms with Crippen LogP contribution in [-0.2, 0) is 11.3 Å². The first-order valence-corrected chi connectivity index (χ1v) is 8.84. The number of hydrogen-bond donors (Lipinski definition) is 2. The van der Waals surface area contributed by atoms with Gasteiger partial charge in [-0.1, -0.05) is 57.0 Å². The molecule has 0 saturated carbocycles. The van der Waals surface area contributed by atoms with E-state index in [2.05, 4.69) is 30.9 Å². The third kappa shape index (κ3) is 4.55. The quantitative estimate of drug-likeness (QED) is 0.772. The first kappa shape index (κ1) is 18.0. The number of hydrogen-bond acceptors (Lipinski definition) is 3. The van der Waals surface area contributed by atoms with Crippen LogP contribution in [0, 0.1) is 5.92 Å². The van der Waals surface area contributed by atoms with Crippen molar-refractivity contribution in [2.24, 2.45) is 11.7 Å². The third-order valence-corrected chi connectivity index (χ3v) is 5.31. The number of nitrogens with zero attached hydrogens (tertiary/aromatic N) is 1. The van der Waals surface area contributed by atoms with E-state index in [9.17, 15) is 9.90 Å². The van der Waals surface area contributed by atoms with Crippen molar-refractivity contribution in [1.29, 1.82) is 0 Å². The van der Waals surface area contributed by atoms with Crippen LogP contribution in [0.15, 0.2) is 30.3 Å². The molecule has 4 heteroatoms. The van der Waals surface area contributed by atoms with Crippen LogP contribution in [0.5, 0.6) is 0 Å². The fourth-order valence-corrected chi connectivity index (χ4v) is 3.80. The van der Waals surface area contributed by atoms with Crippen molar-refractivity contribution in [3.05, 3.63) is 35.9 Å². The molecule has 0 radical (unpaired) electrons. The Balaban J connectivity index is 2.11. The maximum Gasteiger partial charge on any atom is 0.320 e. The lowest BCUT2D eigenvalue weighted by Crippen LogP contribution is -2.49. The molecule has 0 amide bonds. The highest BCUT2D eigenvalue weighted by Crippen LogP contribution is 2.30. The van der Waals surface area contributed by atoms with Gasteiger partial charge < -0.3 is 10.8 Å². The molecule has 0 aromatic heterocycles. The first-order valence-electron chi connectivity index (χ1n) is 8.84. The van der Waals surface area contributed by atoms with Crippen LogP contribution in [0.1, 0.15) is 51.5 Å². The molecule has 2 rings (SSSR count). The molecule has 1 aliphatic rings. The highest BCUT2D eigenvalue weighted by atomic mass is 16.4. The van der Waals surface area contributed by atoms with Gasteiger partial charge in [-0.05, 0) is 30.7 Å². The Morgan fingerprint density at radius 2 is 1.91 bits per heavy atom. The maximum atomic E-state index is 11.6. The molecule has 0 spiro atoms. The zero-order chi connectivity index (χ0) is 16.8. The zero-order valence-electron chi connectivity index (χ0n) is 14.3. The molecule has 1 aliphatic heterocycles. The predicted molar refractivity (Wildman–Crippen MR) is 93.1 cm³/mol. The smallest absolute Gasteiger partial charge is 0.320 e. The molecule has 1 fully saturated rings. The molecule has 2 unspecified atom stereocenters. The molecule has 0 bridgehead atoms. The highest BCUT2D eigenvalue weighted by molar-refractivity contribution is 5.74. The van der Waals surface area contributed by atoms with Gasteiger partial charge in [-0.3, -0.25) is 9.69 Å². The van der Waals surface area contributed by atoms with E-state index in [0.29, 0.717) is 18.9 Å². The van der Waals surface area contributed by atoms with Gasteiger partial charge in [0.15, 0.2) is 0 Å². The van der Waals surface area contributed by atoms with Gasteiger partial charge in [-0.15, -0.1) is 0 Å². The Hall–Kier alpha value is -1.39. The monoisotopic (exact) mass is 318 g/mol. The van der Waals surface area contributed by atoms with E-state index in [1.807, 2.05) is 18.2 Å². The van der Waals surface area contributed by atoms with E-state index >= 15 is 0 Å². The summed E-state index contributed by atoms with van der Waals surface area (Å²) in [4.78, 5) is 13.7. The summed E-state index contributed by atoms with van der Waals surface area (Å²) in [6, 6.07) is 9.90. The lowest BCUT2D eigenvalue weighted by Gasteiger charge is -2.33. The summed E-state index contributed by atoms with van der Waals surface area (Å²) >= 11 is 0. The van der Waals surface area contributed by atoms with E-state index in [1.54, 1.807) is 0 Å². The average Bonchev–Trinajstić information content (AvgIpc) is 2.97. The Kier molecular flexibility index (Phi) is 6.60. The van der Waals surface area contributed by atoms with Gasteiger partial charge >= 0.3 is 5.97 Å². The van der Waals surface area contributed by atoms with Gasteiger partial charge in [0, 0.05) is 18.6 Å². The molecular weight excluding hydrogens is 288 g/mol. The van der Waals surface area contributed by atoms with E-state index in [4.69, 9.17) is 5.73 Å². The molecule has 4 nitrogen and oxygen atoms in total. The summed E-state index contributed by atoms with van der Waals surface area (Å²) in [5, 5.41) is 9.55. The molecule has 1 aromatic carbocycles. The molecule has 1 saturated heterocycles. The number of aliphatic carboxylic acids is 1. The van der Waals surface area contributed by atoms with E-state index < -0.39 is 12.0 Å². The summed E-state index contributed by atoms with van der Waals surface area (Å²) in [7, 11) is 0. The molecular formula is C19H30N2O2. The van der Waals surface area contributed by atoms with Gasteiger partial charge in [0.25, 0.3) is 0 Å². The lowest BCUT2D eigenvalue weighted by molar-refractivity contribution is -0.143. The van der Waals surface area contributed by atoms with Gasteiger partial charge in [0.05, 0.1) is 0 Å². The first-order chi connectivity index (χ1) is 11.1. The molecule has 23 heavy (non-hydrogen) atoms. The Morgan fingerprint density at radius 1 is 1.26 bits per heavy atom. The number of likely N-dealkylation sites (tertiary alicyclic amines) is 1. The Morgan fingerprint density at radius 3 is 2.48 bits per heavy atom. The Labute approximate surface area is 139 Å². The number of nitrogens with two attached hydrogens (primary N) is 1. The van der Waals surface area contributed by atoms with Crippen molar-refractivity contribution >= 4 is 5.97 Å². The van der Waals surface area contributed by atoms with Crippen molar-refractivity contribution in [1.82, 2.24) is 4.90 Å². The van der Waals surface area contributed by atoms with Crippen LogP contribution in [0.4, 0.5) is 0 Å². The largest absolute Gasteiger partial charge is 0.480 e. The van der Waals surface area contributed by atoms with E-state index in [-0.39, 0.29) is 12.1 Å². The molecule has 1 heterocycles. The molecule has 0 aliphatic carbocycles. The van der Waals surface area contributed by atoms with Crippen LogP contribution in [0.25, 0.3) is 0 Å². The fraction of sp³-hybridized carbons (Fsp3) is 0.632. The van der Waals surface area contributed by atoms with E-state index in [0.717, 1.165) is 31.2 Å². The van der Waals surface area contributed by atoms with Crippen LogP contribution < -0.4 is 5.73 Å². The molecule has 3 N–H and O–H groups in total. The number of carbonyl (C=O) groups is 1. The number of carboxylic acids is 1. The minimum absolute atomic E-state index is 0.0490. The van der Waals surface area contributed by atoms with Crippen LogP contribution >= 0.6 is 0 Å². The number of benzene rings is 1.